The molecule has 1 amide bonds. The monoisotopic (exact) mass is 518 g/mol. The molecule has 192 valence electrons. The second-order valence-electron chi connectivity index (χ2n) is 8.83. The summed E-state index contributed by atoms with van der Waals surface area (Å²) in [7, 11) is 0. The number of carbonyl (C=O) groups is 2. The molecule has 0 radical (unpaired) electrons. The molecule has 4 heterocycles. The summed E-state index contributed by atoms with van der Waals surface area (Å²) in [5.74, 6) is -0.751. The van der Waals surface area contributed by atoms with Crippen LogP contribution in [-0.2, 0) is 11.3 Å². The van der Waals surface area contributed by atoms with Crippen LogP contribution in [0.5, 0.6) is 0 Å². The van der Waals surface area contributed by atoms with Crippen LogP contribution in [0.2, 0.25) is 0 Å². The molecule has 0 bridgehead atoms. The molecule has 4 aromatic heterocycles. The Morgan fingerprint density at radius 3 is 2.59 bits per heavy atom. The fourth-order valence-corrected chi connectivity index (χ4v) is 4.55. The van der Waals surface area contributed by atoms with Gasteiger partial charge in [0.15, 0.2) is 5.49 Å². The summed E-state index contributed by atoms with van der Waals surface area (Å²) in [5, 5.41) is 2.04. The minimum absolute atomic E-state index is 0.0164. The number of esters is 1. The Labute approximate surface area is 221 Å². The predicted octanol–water partition coefficient (Wildman–Crippen LogP) is 4.36. The average molecular weight is 519 g/mol. The number of aromatic nitrogens is 3. The zero-order valence-corrected chi connectivity index (χ0v) is 20.9. The Kier molecular flexibility index (Phi) is 6.08. The van der Waals surface area contributed by atoms with Gasteiger partial charge in [0.25, 0.3) is 11.5 Å². The van der Waals surface area contributed by atoms with Crippen LogP contribution in [0, 0.1) is 0 Å². The van der Waals surface area contributed by atoms with E-state index in [0.29, 0.717) is 17.0 Å². The van der Waals surface area contributed by atoms with Gasteiger partial charge in [-0.05, 0) is 60.2 Å². The van der Waals surface area contributed by atoms with Crippen LogP contribution in [0.1, 0.15) is 33.4 Å². The van der Waals surface area contributed by atoms with Gasteiger partial charge in [-0.15, -0.1) is 0 Å². The third-order valence-corrected chi connectivity index (χ3v) is 6.38. The third kappa shape index (κ3) is 4.40. The standard InChI is InChI=1S/C30H22N4O5/c1-2-38-30(37)24-17-23-26(31-25-11-5-6-14-33(25)29(23)36)34(18-22-10-7-15-39-22)27(24)32-28(35)21-13-12-19-8-3-4-9-20(19)16-21/h3-17H,2,18H2,1H3. The van der Waals surface area contributed by atoms with E-state index >= 15 is 0 Å². The van der Waals surface area contributed by atoms with Gasteiger partial charge in [0.05, 0.1) is 24.8 Å². The van der Waals surface area contributed by atoms with Crippen LogP contribution >= 0.6 is 0 Å². The van der Waals surface area contributed by atoms with Crippen LogP contribution in [0.4, 0.5) is 0 Å². The van der Waals surface area contributed by atoms with Crippen LogP contribution in [-0.4, -0.2) is 32.4 Å². The number of hydrogen-bond acceptors (Lipinski definition) is 6. The lowest BCUT2D eigenvalue weighted by Crippen LogP contribution is -2.33. The SMILES string of the molecule is CCOC(=O)c1cc2c(=O)n3ccccc3nc2n(Cc2ccco2)c1=NC(=O)c1ccc2ccccc2c1. The fourth-order valence-electron chi connectivity index (χ4n) is 4.55. The number of fused-ring (bicyclic) bond motifs is 3. The molecule has 39 heavy (non-hydrogen) atoms. The highest BCUT2D eigenvalue weighted by Gasteiger charge is 2.21. The maximum Gasteiger partial charge on any atom is 0.341 e. The summed E-state index contributed by atoms with van der Waals surface area (Å²) >= 11 is 0. The maximum absolute atomic E-state index is 13.5. The lowest BCUT2D eigenvalue weighted by Gasteiger charge is -2.14. The highest BCUT2D eigenvalue weighted by atomic mass is 16.5. The van der Waals surface area contributed by atoms with E-state index in [1.165, 1.54) is 16.7 Å². The summed E-state index contributed by atoms with van der Waals surface area (Å²) in [6, 6.07) is 23.0. The minimum Gasteiger partial charge on any atom is -0.467 e. The first-order valence-electron chi connectivity index (χ1n) is 12.4. The van der Waals surface area contributed by atoms with Crippen molar-refractivity contribution in [2.45, 2.75) is 13.5 Å². The Balaban J connectivity index is 1.68. The lowest BCUT2D eigenvalue weighted by molar-refractivity contribution is 0.0523. The third-order valence-electron chi connectivity index (χ3n) is 6.38. The summed E-state index contributed by atoms with van der Waals surface area (Å²) in [6.07, 6.45) is 3.12. The van der Waals surface area contributed by atoms with Crippen molar-refractivity contribution in [1.82, 2.24) is 14.0 Å². The normalized spacial score (nSPS) is 11.9. The summed E-state index contributed by atoms with van der Waals surface area (Å²) in [6.45, 7) is 1.84. The highest BCUT2D eigenvalue weighted by Crippen LogP contribution is 2.17. The van der Waals surface area contributed by atoms with Gasteiger partial charge in [0, 0.05) is 11.8 Å². The van der Waals surface area contributed by atoms with Crippen molar-refractivity contribution in [3.8, 4) is 0 Å². The minimum atomic E-state index is -0.713. The van der Waals surface area contributed by atoms with E-state index in [-0.39, 0.29) is 40.8 Å². The number of pyridine rings is 2. The van der Waals surface area contributed by atoms with Crippen LogP contribution < -0.4 is 11.0 Å². The molecule has 6 rings (SSSR count). The number of benzene rings is 2. The number of ether oxygens (including phenoxy) is 1. The Morgan fingerprint density at radius 2 is 1.79 bits per heavy atom. The van der Waals surface area contributed by atoms with Crippen LogP contribution in [0.15, 0.2) is 106 Å². The Morgan fingerprint density at radius 1 is 0.974 bits per heavy atom. The highest BCUT2D eigenvalue weighted by molar-refractivity contribution is 6.00. The van der Waals surface area contributed by atoms with Gasteiger partial charge >= 0.3 is 5.97 Å². The van der Waals surface area contributed by atoms with Gasteiger partial charge in [0.1, 0.15) is 22.6 Å². The van der Waals surface area contributed by atoms with Crippen LogP contribution in [0.25, 0.3) is 27.5 Å². The van der Waals surface area contributed by atoms with Gasteiger partial charge in [0.2, 0.25) is 0 Å². The fraction of sp³-hybridized carbons (Fsp3) is 0.100. The van der Waals surface area contributed by atoms with Gasteiger partial charge in [-0.1, -0.05) is 36.4 Å². The average Bonchev–Trinajstić information content (AvgIpc) is 3.47. The van der Waals surface area contributed by atoms with Crippen molar-refractivity contribution in [3.05, 3.63) is 124 Å². The topological polar surface area (TPSA) is 108 Å². The van der Waals surface area contributed by atoms with Crippen molar-refractivity contribution in [2.24, 2.45) is 4.99 Å². The molecular weight excluding hydrogens is 496 g/mol. The molecule has 0 spiro atoms. The zero-order valence-electron chi connectivity index (χ0n) is 20.9. The summed E-state index contributed by atoms with van der Waals surface area (Å²) < 4.78 is 13.8. The second kappa shape index (κ2) is 9.86. The van der Waals surface area contributed by atoms with Gasteiger partial charge < -0.3 is 13.7 Å². The first kappa shape index (κ1) is 24.1. The first-order chi connectivity index (χ1) is 19.0. The molecule has 0 aliphatic carbocycles. The molecule has 0 unspecified atom stereocenters. The molecule has 0 fully saturated rings. The Hall–Kier alpha value is -5.31. The quantitative estimate of drug-likeness (QED) is 0.248. The molecule has 0 aliphatic heterocycles. The van der Waals surface area contributed by atoms with Crippen molar-refractivity contribution >= 4 is 39.3 Å². The molecule has 0 aliphatic rings. The van der Waals surface area contributed by atoms with E-state index in [1.54, 1.807) is 60.2 Å². The summed E-state index contributed by atoms with van der Waals surface area (Å²) in [5.41, 5.74) is 0.614. The number of amides is 1. The van der Waals surface area contributed by atoms with Gasteiger partial charge in [-0.3, -0.25) is 14.0 Å². The molecule has 0 N–H and O–H groups in total. The number of furan rings is 1. The molecule has 9 heteroatoms. The van der Waals surface area contributed by atoms with Gasteiger partial charge in [-0.25, -0.2) is 9.78 Å². The molecule has 6 aromatic rings. The first-order valence-corrected chi connectivity index (χ1v) is 12.4. The van der Waals surface area contributed by atoms with E-state index in [9.17, 15) is 14.4 Å². The van der Waals surface area contributed by atoms with Gasteiger partial charge in [-0.2, -0.15) is 4.99 Å². The van der Waals surface area contributed by atoms with E-state index in [2.05, 4.69) is 4.99 Å². The number of carbonyl (C=O) groups excluding carboxylic acids is 2. The molecule has 0 saturated heterocycles. The van der Waals surface area contributed by atoms with E-state index in [1.807, 2.05) is 30.3 Å². The van der Waals surface area contributed by atoms with Crippen LogP contribution in [0.3, 0.4) is 0 Å². The van der Waals surface area contributed by atoms with E-state index in [4.69, 9.17) is 14.1 Å². The van der Waals surface area contributed by atoms with Crippen molar-refractivity contribution in [2.75, 3.05) is 6.61 Å². The summed E-state index contributed by atoms with van der Waals surface area (Å²) in [4.78, 5) is 49.3. The lowest BCUT2D eigenvalue weighted by atomic mass is 10.1. The van der Waals surface area contributed by atoms with Crippen molar-refractivity contribution < 1.29 is 18.7 Å². The predicted molar refractivity (Wildman–Crippen MR) is 145 cm³/mol. The molecule has 0 atom stereocenters. The van der Waals surface area contributed by atoms with E-state index in [0.717, 1.165) is 10.8 Å². The molecule has 9 nitrogen and oxygen atoms in total. The van der Waals surface area contributed by atoms with E-state index < -0.39 is 11.9 Å². The molecule has 2 aromatic carbocycles. The molecular formula is C30H22N4O5. The maximum atomic E-state index is 13.5. The number of hydrogen-bond donors (Lipinski definition) is 0. The number of nitrogens with zero attached hydrogens (tertiary/aromatic N) is 4. The largest absolute Gasteiger partial charge is 0.467 e. The van der Waals surface area contributed by atoms with Crippen molar-refractivity contribution in [1.29, 1.82) is 0 Å². The zero-order chi connectivity index (χ0) is 26.9. The molecule has 0 saturated carbocycles. The Bertz CT molecular complexity index is 2020. The van der Waals surface area contributed by atoms with Crippen molar-refractivity contribution in [3.63, 3.8) is 0 Å². The number of rotatable bonds is 5. The smallest absolute Gasteiger partial charge is 0.341 e. The second-order valence-corrected chi connectivity index (χ2v) is 8.83.